The second-order valence-electron chi connectivity index (χ2n) is 6.92. The molecule has 0 aliphatic heterocycles. The summed E-state index contributed by atoms with van der Waals surface area (Å²) in [6, 6.07) is 6.90. The molecule has 6 nitrogen and oxygen atoms in total. The van der Waals surface area contributed by atoms with Crippen LogP contribution in [-0.2, 0) is 11.3 Å². The van der Waals surface area contributed by atoms with Gasteiger partial charge in [0.2, 0.25) is 5.91 Å². The average Bonchev–Trinajstić information content (AvgIpc) is 2.99. The van der Waals surface area contributed by atoms with Gasteiger partial charge in [0.25, 0.3) is 5.91 Å². The standard InChI is InChI=1S/C18H24N4O2/c1-13(11-22-9-8-19-12-22)20-16(23)14-6-5-7-15(10-14)21-17(24)18(2,3)4/h5-10,12-13H,11H2,1-4H3,(H,20,23)(H,21,24)/t13-/m1/s1. The van der Waals surface area contributed by atoms with E-state index in [0.29, 0.717) is 17.8 Å². The van der Waals surface area contributed by atoms with E-state index in [9.17, 15) is 9.59 Å². The topological polar surface area (TPSA) is 76.0 Å². The molecule has 24 heavy (non-hydrogen) atoms. The minimum Gasteiger partial charge on any atom is -0.348 e. The molecule has 0 aliphatic rings. The maximum absolute atomic E-state index is 12.4. The fourth-order valence-corrected chi connectivity index (χ4v) is 2.12. The molecule has 0 saturated carbocycles. The Labute approximate surface area is 142 Å². The number of hydrogen-bond acceptors (Lipinski definition) is 3. The van der Waals surface area contributed by atoms with Gasteiger partial charge in [0.1, 0.15) is 0 Å². The van der Waals surface area contributed by atoms with Crippen molar-refractivity contribution in [2.24, 2.45) is 5.41 Å². The third-order valence-electron chi connectivity index (χ3n) is 3.49. The number of imidazole rings is 1. The predicted octanol–water partition coefficient (Wildman–Crippen LogP) is 2.69. The molecule has 1 aromatic heterocycles. The van der Waals surface area contributed by atoms with Gasteiger partial charge in [-0.3, -0.25) is 9.59 Å². The van der Waals surface area contributed by atoms with Gasteiger partial charge in [0.05, 0.1) is 6.33 Å². The molecule has 2 amide bonds. The molecule has 0 radical (unpaired) electrons. The van der Waals surface area contributed by atoms with Gasteiger partial charge in [-0.25, -0.2) is 4.98 Å². The molecule has 1 aromatic carbocycles. The van der Waals surface area contributed by atoms with Crippen LogP contribution in [0.15, 0.2) is 43.0 Å². The Balaban J connectivity index is 1.99. The summed E-state index contributed by atoms with van der Waals surface area (Å²) >= 11 is 0. The number of rotatable bonds is 5. The Bertz CT molecular complexity index is 702. The van der Waals surface area contributed by atoms with E-state index in [2.05, 4.69) is 15.6 Å². The summed E-state index contributed by atoms with van der Waals surface area (Å²) in [5, 5.41) is 5.78. The van der Waals surface area contributed by atoms with Crippen LogP contribution in [0.4, 0.5) is 5.69 Å². The van der Waals surface area contributed by atoms with E-state index in [1.54, 1.807) is 36.8 Å². The Morgan fingerprint density at radius 3 is 2.67 bits per heavy atom. The predicted molar refractivity (Wildman–Crippen MR) is 93.7 cm³/mol. The number of nitrogens with zero attached hydrogens (tertiary/aromatic N) is 2. The molecule has 2 N–H and O–H groups in total. The minimum atomic E-state index is -0.489. The highest BCUT2D eigenvalue weighted by molar-refractivity contribution is 5.98. The number of benzene rings is 1. The Kier molecular flexibility index (Phi) is 5.39. The molecule has 0 spiro atoms. The molecular formula is C18H24N4O2. The molecule has 2 rings (SSSR count). The lowest BCUT2D eigenvalue weighted by atomic mass is 9.95. The lowest BCUT2D eigenvalue weighted by molar-refractivity contribution is -0.123. The molecule has 0 saturated heterocycles. The van der Waals surface area contributed by atoms with Gasteiger partial charge in [0.15, 0.2) is 0 Å². The molecule has 0 bridgehead atoms. The van der Waals surface area contributed by atoms with Gasteiger partial charge in [-0.2, -0.15) is 0 Å². The van der Waals surface area contributed by atoms with Crippen molar-refractivity contribution >= 4 is 17.5 Å². The van der Waals surface area contributed by atoms with Gasteiger partial charge >= 0.3 is 0 Å². The fraction of sp³-hybridized carbons (Fsp3) is 0.389. The number of nitrogens with one attached hydrogen (secondary N) is 2. The lowest BCUT2D eigenvalue weighted by Gasteiger charge is -2.18. The summed E-state index contributed by atoms with van der Waals surface area (Å²) < 4.78 is 1.91. The molecule has 128 valence electrons. The van der Waals surface area contributed by atoms with Gasteiger partial charge in [-0.15, -0.1) is 0 Å². The van der Waals surface area contributed by atoms with Crippen molar-refractivity contribution in [2.75, 3.05) is 5.32 Å². The van der Waals surface area contributed by atoms with Crippen molar-refractivity contribution in [1.29, 1.82) is 0 Å². The van der Waals surface area contributed by atoms with Crippen LogP contribution in [0.25, 0.3) is 0 Å². The largest absolute Gasteiger partial charge is 0.348 e. The van der Waals surface area contributed by atoms with Crippen LogP contribution in [0.1, 0.15) is 38.1 Å². The van der Waals surface area contributed by atoms with Crippen LogP contribution in [0, 0.1) is 5.41 Å². The average molecular weight is 328 g/mol. The third-order valence-corrected chi connectivity index (χ3v) is 3.49. The van der Waals surface area contributed by atoms with Gasteiger partial charge in [-0.1, -0.05) is 26.8 Å². The highest BCUT2D eigenvalue weighted by atomic mass is 16.2. The second kappa shape index (κ2) is 7.29. The van der Waals surface area contributed by atoms with E-state index < -0.39 is 5.41 Å². The van der Waals surface area contributed by atoms with Crippen molar-refractivity contribution in [1.82, 2.24) is 14.9 Å². The van der Waals surface area contributed by atoms with Crippen molar-refractivity contribution < 1.29 is 9.59 Å². The zero-order chi connectivity index (χ0) is 17.7. The summed E-state index contributed by atoms with van der Waals surface area (Å²) in [6.07, 6.45) is 5.27. The summed E-state index contributed by atoms with van der Waals surface area (Å²) in [5.74, 6) is -0.261. The Hall–Kier alpha value is -2.63. The lowest BCUT2D eigenvalue weighted by Crippen LogP contribution is -2.35. The highest BCUT2D eigenvalue weighted by Crippen LogP contribution is 2.18. The summed E-state index contributed by atoms with van der Waals surface area (Å²) in [6.45, 7) is 8.11. The van der Waals surface area contributed by atoms with Crippen LogP contribution in [-0.4, -0.2) is 27.4 Å². The normalized spacial score (nSPS) is 12.5. The van der Waals surface area contributed by atoms with Crippen LogP contribution in [0.5, 0.6) is 0 Å². The zero-order valence-corrected chi connectivity index (χ0v) is 14.5. The number of carbonyl (C=O) groups excluding carboxylic acids is 2. The molecule has 0 aliphatic carbocycles. The van der Waals surface area contributed by atoms with Gasteiger partial charge in [0, 0.05) is 41.6 Å². The Morgan fingerprint density at radius 2 is 2.04 bits per heavy atom. The fourth-order valence-electron chi connectivity index (χ4n) is 2.12. The number of anilines is 1. The van der Waals surface area contributed by atoms with E-state index in [1.807, 2.05) is 38.5 Å². The zero-order valence-electron chi connectivity index (χ0n) is 14.5. The van der Waals surface area contributed by atoms with Crippen LogP contribution in [0.2, 0.25) is 0 Å². The summed E-state index contributed by atoms with van der Waals surface area (Å²) in [7, 11) is 0. The first-order chi connectivity index (χ1) is 11.3. The van der Waals surface area contributed by atoms with E-state index >= 15 is 0 Å². The van der Waals surface area contributed by atoms with Gasteiger partial charge < -0.3 is 15.2 Å². The number of amides is 2. The summed E-state index contributed by atoms with van der Waals surface area (Å²) in [5.41, 5.74) is 0.640. The molecular weight excluding hydrogens is 304 g/mol. The first-order valence-corrected chi connectivity index (χ1v) is 7.94. The second-order valence-corrected chi connectivity index (χ2v) is 6.92. The first kappa shape index (κ1) is 17.7. The van der Waals surface area contributed by atoms with Crippen LogP contribution < -0.4 is 10.6 Å². The van der Waals surface area contributed by atoms with E-state index in [-0.39, 0.29) is 17.9 Å². The maximum Gasteiger partial charge on any atom is 0.251 e. The van der Waals surface area contributed by atoms with Crippen molar-refractivity contribution in [2.45, 2.75) is 40.3 Å². The van der Waals surface area contributed by atoms with Crippen molar-refractivity contribution in [3.05, 3.63) is 48.5 Å². The van der Waals surface area contributed by atoms with E-state index in [1.165, 1.54) is 0 Å². The van der Waals surface area contributed by atoms with Crippen molar-refractivity contribution in [3.63, 3.8) is 0 Å². The van der Waals surface area contributed by atoms with Crippen LogP contribution in [0.3, 0.4) is 0 Å². The minimum absolute atomic E-state index is 0.0421. The quantitative estimate of drug-likeness (QED) is 0.886. The Morgan fingerprint density at radius 1 is 1.29 bits per heavy atom. The number of carbonyl (C=O) groups is 2. The van der Waals surface area contributed by atoms with E-state index in [4.69, 9.17) is 0 Å². The monoisotopic (exact) mass is 328 g/mol. The highest BCUT2D eigenvalue weighted by Gasteiger charge is 2.21. The molecule has 0 unspecified atom stereocenters. The molecule has 1 atom stereocenters. The molecule has 2 aromatic rings. The molecule has 1 heterocycles. The first-order valence-electron chi connectivity index (χ1n) is 7.94. The van der Waals surface area contributed by atoms with Gasteiger partial charge in [-0.05, 0) is 25.1 Å². The number of hydrogen-bond donors (Lipinski definition) is 2. The van der Waals surface area contributed by atoms with E-state index in [0.717, 1.165) is 0 Å². The number of aromatic nitrogens is 2. The molecule has 6 heteroatoms. The molecule has 0 fully saturated rings. The smallest absolute Gasteiger partial charge is 0.251 e. The maximum atomic E-state index is 12.4. The summed E-state index contributed by atoms with van der Waals surface area (Å²) in [4.78, 5) is 28.4. The van der Waals surface area contributed by atoms with Crippen molar-refractivity contribution in [3.8, 4) is 0 Å². The SMILES string of the molecule is C[C@H](Cn1ccnc1)NC(=O)c1cccc(NC(=O)C(C)(C)C)c1. The third kappa shape index (κ3) is 4.94. The van der Waals surface area contributed by atoms with Crippen LogP contribution >= 0.6 is 0 Å².